The number of piperidine rings is 2. The molecule has 28 heavy (non-hydrogen) atoms. The number of benzene rings is 1. The Labute approximate surface area is 168 Å². The number of nitrogens with one attached hydrogen (secondary N) is 1. The summed E-state index contributed by atoms with van der Waals surface area (Å²) in [6, 6.07) is 8.52. The highest BCUT2D eigenvalue weighted by Crippen LogP contribution is 2.42. The molecule has 3 atom stereocenters. The van der Waals surface area contributed by atoms with Gasteiger partial charge in [0.15, 0.2) is 0 Å². The third-order valence-electron chi connectivity index (χ3n) is 6.68. The van der Waals surface area contributed by atoms with Gasteiger partial charge < -0.3 is 15.1 Å². The maximum Gasteiger partial charge on any atom is 0.228 e. The molecule has 0 bridgehead atoms. The number of amides is 2. The first kappa shape index (κ1) is 19.3. The summed E-state index contributed by atoms with van der Waals surface area (Å²) in [6.45, 7) is 5.25. The SMILES string of the molecule is CCC1CCCCN1C(=O)C1CC1C(=O)Nc1ccc(N2CCCCC2)cc1. The number of nitrogens with zero attached hydrogens (tertiary/aromatic N) is 2. The van der Waals surface area contributed by atoms with Crippen molar-refractivity contribution in [1.82, 2.24) is 4.90 Å². The zero-order chi connectivity index (χ0) is 19.5. The predicted molar refractivity (Wildman–Crippen MR) is 112 cm³/mol. The summed E-state index contributed by atoms with van der Waals surface area (Å²) < 4.78 is 0. The highest BCUT2D eigenvalue weighted by molar-refractivity contribution is 5.99. The molecule has 3 fully saturated rings. The minimum absolute atomic E-state index is 0.00543. The Bertz CT molecular complexity index is 696. The first-order valence-electron chi connectivity index (χ1n) is 11.1. The fourth-order valence-electron chi connectivity index (χ4n) is 4.83. The van der Waals surface area contributed by atoms with Crippen LogP contribution < -0.4 is 10.2 Å². The van der Waals surface area contributed by atoms with Crippen molar-refractivity contribution in [2.75, 3.05) is 29.9 Å². The van der Waals surface area contributed by atoms with E-state index in [2.05, 4.69) is 34.2 Å². The molecular weight excluding hydrogens is 350 g/mol. The zero-order valence-corrected chi connectivity index (χ0v) is 17.0. The Balaban J connectivity index is 1.30. The predicted octanol–water partition coefficient (Wildman–Crippen LogP) is 4.04. The van der Waals surface area contributed by atoms with E-state index in [1.54, 1.807) is 0 Å². The molecular formula is C23H33N3O2. The van der Waals surface area contributed by atoms with E-state index < -0.39 is 0 Å². The lowest BCUT2D eigenvalue weighted by Crippen LogP contribution is -2.44. The van der Waals surface area contributed by atoms with Crippen LogP contribution in [0.3, 0.4) is 0 Å². The third kappa shape index (κ3) is 4.18. The number of carbonyl (C=O) groups excluding carboxylic acids is 2. The summed E-state index contributed by atoms with van der Waals surface area (Å²) in [4.78, 5) is 29.9. The van der Waals surface area contributed by atoms with Gasteiger partial charge in [0.2, 0.25) is 11.8 Å². The van der Waals surface area contributed by atoms with Crippen LogP contribution in [0.4, 0.5) is 11.4 Å². The van der Waals surface area contributed by atoms with Crippen LogP contribution in [0.5, 0.6) is 0 Å². The molecule has 2 saturated heterocycles. The molecule has 1 aromatic rings. The van der Waals surface area contributed by atoms with Gasteiger partial charge in [-0.3, -0.25) is 9.59 Å². The zero-order valence-electron chi connectivity index (χ0n) is 17.0. The molecule has 0 aromatic heterocycles. The van der Waals surface area contributed by atoms with Crippen LogP contribution in [-0.2, 0) is 9.59 Å². The fraction of sp³-hybridized carbons (Fsp3) is 0.652. The van der Waals surface area contributed by atoms with E-state index in [0.29, 0.717) is 12.5 Å². The second-order valence-electron chi connectivity index (χ2n) is 8.62. The van der Waals surface area contributed by atoms with E-state index in [4.69, 9.17) is 0 Å². The Hall–Kier alpha value is -2.04. The van der Waals surface area contributed by atoms with Gasteiger partial charge in [0.1, 0.15) is 0 Å². The van der Waals surface area contributed by atoms with Crippen molar-refractivity contribution in [3.63, 3.8) is 0 Å². The molecule has 1 aliphatic carbocycles. The molecule has 4 rings (SSSR count). The van der Waals surface area contributed by atoms with Gasteiger partial charge in [-0.05, 0) is 75.6 Å². The Kier molecular flexibility index (Phi) is 5.88. The second-order valence-corrected chi connectivity index (χ2v) is 8.62. The van der Waals surface area contributed by atoms with Crippen molar-refractivity contribution >= 4 is 23.2 Å². The van der Waals surface area contributed by atoms with Crippen LogP contribution >= 0.6 is 0 Å². The molecule has 5 nitrogen and oxygen atoms in total. The normalized spacial score (nSPS) is 27.4. The molecule has 2 aliphatic heterocycles. The molecule has 2 heterocycles. The van der Waals surface area contributed by atoms with Crippen molar-refractivity contribution in [2.45, 2.75) is 64.3 Å². The molecule has 0 radical (unpaired) electrons. The van der Waals surface area contributed by atoms with Gasteiger partial charge in [-0.15, -0.1) is 0 Å². The van der Waals surface area contributed by atoms with E-state index in [1.165, 1.54) is 31.4 Å². The summed E-state index contributed by atoms with van der Waals surface area (Å²) >= 11 is 0. The molecule has 3 aliphatic rings. The molecule has 3 unspecified atom stereocenters. The molecule has 1 aromatic carbocycles. The maximum atomic E-state index is 12.9. The molecule has 0 spiro atoms. The molecule has 5 heteroatoms. The lowest BCUT2D eigenvalue weighted by molar-refractivity contribution is -0.137. The maximum absolute atomic E-state index is 12.9. The summed E-state index contributed by atoms with van der Waals surface area (Å²) in [7, 11) is 0. The number of hydrogen-bond acceptors (Lipinski definition) is 3. The number of likely N-dealkylation sites (tertiary alicyclic amines) is 1. The second kappa shape index (κ2) is 8.54. The van der Waals surface area contributed by atoms with Crippen molar-refractivity contribution in [3.8, 4) is 0 Å². The standard InChI is InChI=1S/C23H33N3O2/c1-2-18-8-4-7-15-26(18)23(28)21-16-20(21)22(27)24-17-9-11-19(12-10-17)25-13-5-3-6-14-25/h9-12,18,20-21H,2-8,13-16H2,1H3,(H,24,27). The minimum Gasteiger partial charge on any atom is -0.372 e. The fourth-order valence-corrected chi connectivity index (χ4v) is 4.83. The van der Waals surface area contributed by atoms with E-state index in [0.717, 1.165) is 44.6 Å². The largest absolute Gasteiger partial charge is 0.372 e. The van der Waals surface area contributed by atoms with Crippen molar-refractivity contribution in [3.05, 3.63) is 24.3 Å². The average molecular weight is 384 g/mol. The smallest absolute Gasteiger partial charge is 0.228 e. The lowest BCUT2D eigenvalue weighted by atomic mass is 9.99. The number of rotatable bonds is 5. The van der Waals surface area contributed by atoms with Gasteiger partial charge in [0.05, 0.1) is 11.8 Å². The van der Waals surface area contributed by atoms with Gasteiger partial charge in [-0.1, -0.05) is 6.92 Å². The number of carbonyl (C=O) groups is 2. The molecule has 152 valence electrons. The summed E-state index contributed by atoms with van der Waals surface area (Å²) in [5, 5.41) is 3.02. The first-order chi connectivity index (χ1) is 13.7. The van der Waals surface area contributed by atoms with Crippen molar-refractivity contribution in [1.29, 1.82) is 0 Å². The van der Waals surface area contributed by atoms with Crippen LogP contribution in [0.25, 0.3) is 0 Å². The average Bonchev–Trinajstić information content (AvgIpc) is 3.55. The number of hydrogen-bond donors (Lipinski definition) is 1. The van der Waals surface area contributed by atoms with E-state index in [-0.39, 0.29) is 23.7 Å². The van der Waals surface area contributed by atoms with Gasteiger partial charge in [0.25, 0.3) is 0 Å². The minimum atomic E-state index is -0.159. The Morgan fingerprint density at radius 3 is 2.39 bits per heavy atom. The monoisotopic (exact) mass is 383 g/mol. The van der Waals surface area contributed by atoms with Crippen LogP contribution in [0.2, 0.25) is 0 Å². The van der Waals surface area contributed by atoms with Crippen LogP contribution in [-0.4, -0.2) is 42.4 Å². The quantitative estimate of drug-likeness (QED) is 0.835. The van der Waals surface area contributed by atoms with Gasteiger partial charge in [-0.25, -0.2) is 0 Å². The van der Waals surface area contributed by atoms with E-state index in [1.807, 2.05) is 12.1 Å². The highest BCUT2D eigenvalue weighted by Gasteiger charge is 2.50. The highest BCUT2D eigenvalue weighted by atomic mass is 16.2. The third-order valence-corrected chi connectivity index (χ3v) is 6.68. The van der Waals surface area contributed by atoms with Gasteiger partial charge in [-0.2, -0.15) is 0 Å². The lowest BCUT2D eigenvalue weighted by Gasteiger charge is -2.35. The van der Waals surface area contributed by atoms with Crippen LogP contribution in [0.1, 0.15) is 58.3 Å². The van der Waals surface area contributed by atoms with Crippen molar-refractivity contribution in [2.24, 2.45) is 11.8 Å². The topological polar surface area (TPSA) is 52.7 Å². The van der Waals surface area contributed by atoms with Gasteiger partial charge >= 0.3 is 0 Å². The van der Waals surface area contributed by atoms with E-state index in [9.17, 15) is 9.59 Å². The molecule has 1 N–H and O–H groups in total. The van der Waals surface area contributed by atoms with Gasteiger partial charge in [0, 0.05) is 37.1 Å². The summed E-state index contributed by atoms with van der Waals surface area (Å²) in [5.74, 6) is -0.0743. The summed E-state index contributed by atoms with van der Waals surface area (Å²) in [6.07, 6.45) is 8.95. The first-order valence-corrected chi connectivity index (χ1v) is 11.1. The Morgan fingerprint density at radius 1 is 0.964 bits per heavy atom. The Morgan fingerprint density at radius 2 is 1.68 bits per heavy atom. The number of anilines is 2. The van der Waals surface area contributed by atoms with Crippen LogP contribution in [0.15, 0.2) is 24.3 Å². The molecule has 1 saturated carbocycles. The molecule has 2 amide bonds. The van der Waals surface area contributed by atoms with Crippen molar-refractivity contribution < 1.29 is 9.59 Å². The summed E-state index contributed by atoms with van der Waals surface area (Å²) in [5.41, 5.74) is 2.06. The van der Waals surface area contributed by atoms with E-state index >= 15 is 0 Å². The van der Waals surface area contributed by atoms with Crippen LogP contribution in [0, 0.1) is 11.8 Å².